The van der Waals surface area contributed by atoms with Gasteiger partial charge in [-0.3, -0.25) is 4.98 Å². The fourth-order valence-corrected chi connectivity index (χ4v) is 4.62. The number of pyridine rings is 1. The van der Waals surface area contributed by atoms with Gasteiger partial charge in [0.05, 0.1) is 17.6 Å². The number of nitrogens with zero attached hydrogens (tertiary/aromatic N) is 4. The van der Waals surface area contributed by atoms with E-state index in [9.17, 15) is 5.26 Å². The average Bonchev–Trinajstić information content (AvgIpc) is 3.63. The number of H-pyrrole nitrogens is 1. The van der Waals surface area contributed by atoms with Crippen molar-refractivity contribution in [2.75, 3.05) is 25.0 Å². The Hall–Kier alpha value is -4.61. The second kappa shape index (κ2) is 11.6. The molecule has 0 aliphatic carbocycles. The number of hydrogen-bond acceptors (Lipinski definition) is 6. The van der Waals surface area contributed by atoms with Gasteiger partial charge in [0.2, 0.25) is 0 Å². The third-order valence-electron chi connectivity index (χ3n) is 6.67. The molecular weight excluding hydrogens is 474 g/mol. The van der Waals surface area contributed by atoms with Gasteiger partial charge < -0.3 is 24.9 Å². The summed E-state index contributed by atoms with van der Waals surface area (Å²) >= 11 is 0. The molecule has 8 heteroatoms. The van der Waals surface area contributed by atoms with E-state index in [-0.39, 0.29) is 0 Å². The summed E-state index contributed by atoms with van der Waals surface area (Å²) in [7, 11) is 0. The molecule has 5 aromatic rings. The number of fused-ring (bicyclic) bond motifs is 1. The van der Waals surface area contributed by atoms with E-state index < -0.39 is 0 Å². The lowest BCUT2D eigenvalue weighted by atomic mass is 9.99. The number of nitriles is 1. The monoisotopic (exact) mass is 505 g/mol. The normalized spacial score (nSPS) is 11.0. The highest BCUT2D eigenvalue weighted by atomic mass is 16.5. The number of aromatic amines is 1. The maximum absolute atomic E-state index is 9.87. The van der Waals surface area contributed by atoms with E-state index in [1.807, 2.05) is 62.0 Å². The van der Waals surface area contributed by atoms with Crippen molar-refractivity contribution in [1.82, 2.24) is 24.8 Å². The van der Waals surface area contributed by atoms with Crippen LogP contribution in [0.25, 0.3) is 22.0 Å². The van der Waals surface area contributed by atoms with Crippen LogP contribution >= 0.6 is 0 Å². The molecule has 0 aliphatic heterocycles. The van der Waals surface area contributed by atoms with E-state index in [2.05, 4.69) is 49.2 Å². The number of imidazole rings is 1. The molecule has 0 amide bonds. The van der Waals surface area contributed by atoms with Crippen LogP contribution in [0.2, 0.25) is 0 Å². The molecule has 0 aliphatic rings. The Bertz CT molecular complexity index is 1550. The minimum atomic E-state index is 0.499. The van der Waals surface area contributed by atoms with Crippen LogP contribution in [0.4, 0.5) is 11.4 Å². The van der Waals surface area contributed by atoms with E-state index in [0.29, 0.717) is 12.2 Å². The van der Waals surface area contributed by atoms with E-state index >= 15 is 0 Å². The molecule has 0 unspecified atom stereocenters. The van der Waals surface area contributed by atoms with Gasteiger partial charge in [0.25, 0.3) is 0 Å². The van der Waals surface area contributed by atoms with Gasteiger partial charge in [0.1, 0.15) is 18.4 Å². The smallest absolute Gasteiger partial charge is 0.119 e. The third-order valence-corrected chi connectivity index (χ3v) is 6.67. The Morgan fingerprint density at radius 1 is 1.08 bits per heavy atom. The fraction of sp³-hybridized carbons (Fsp3) is 0.233. The van der Waals surface area contributed by atoms with Crippen LogP contribution in [0.1, 0.15) is 23.2 Å². The number of aromatic nitrogens is 4. The molecule has 3 aromatic heterocycles. The van der Waals surface area contributed by atoms with E-state index in [1.165, 1.54) is 0 Å². The molecule has 5 rings (SSSR count). The van der Waals surface area contributed by atoms with Crippen molar-refractivity contribution in [3.8, 4) is 22.9 Å². The third kappa shape index (κ3) is 5.53. The number of anilines is 2. The zero-order valence-corrected chi connectivity index (χ0v) is 21.7. The van der Waals surface area contributed by atoms with Crippen LogP contribution in [0, 0.1) is 25.2 Å². The molecule has 0 saturated heterocycles. The second-order valence-corrected chi connectivity index (χ2v) is 9.20. The summed E-state index contributed by atoms with van der Waals surface area (Å²) in [5.74, 6) is 0.805. The van der Waals surface area contributed by atoms with Crippen molar-refractivity contribution in [1.29, 1.82) is 5.26 Å². The van der Waals surface area contributed by atoms with Gasteiger partial charge in [-0.25, -0.2) is 4.98 Å². The lowest BCUT2D eigenvalue weighted by Crippen LogP contribution is -2.22. The summed E-state index contributed by atoms with van der Waals surface area (Å²) in [6.45, 7) is 7.29. The first kappa shape index (κ1) is 25.1. The standard InChI is InChI=1S/C30H31N7O/c1-21-26-10-12-34-28(26)9-8-27(21)36-30-24(18-31)19-35-22(2)29(30)23-4-6-25(7-5-23)38-17-14-32-11-3-15-37-16-13-33-20-37/h4-10,12-13,16,19-20,32,34H,3,11,14-15,17H2,1-2H3,(H,35,36). The number of hydrogen-bond donors (Lipinski definition) is 3. The Balaban J connectivity index is 1.26. The van der Waals surface area contributed by atoms with Gasteiger partial charge in [-0.15, -0.1) is 0 Å². The lowest BCUT2D eigenvalue weighted by molar-refractivity contribution is 0.313. The predicted molar refractivity (Wildman–Crippen MR) is 151 cm³/mol. The molecule has 0 bridgehead atoms. The molecule has 2 aromatic carbocycles. The van der Waals surface area contributed by atoms with Crippen LogP contribution in [-0.4, -0.2) is 39.2 Å². The van der Waals surface area contributed by atoms with Gasteiger partial charge in [0.15, 0.2) is 0 Å². The first-order chi connectivity index (χ1) is 18.6. The number of aryl methyl sites for hydroxylation is 3. The molecular formula is C30H31N7O. The summed E-state index contributed by atoms with van der Waals surface area (Å²) in [5.41, 5.74) is 7.14. The predicted octanol–water partition coefficient (Wildman–Crippen LogP) is 5.72. The van der Waals surface area contributed by atoms with Crippen molar-refractivity contribution >= 4 is 22.3 Å². The average molecular weight is 506 g/mol. The second-order valence-electron chi connectivity index (χ2n) is 9.20. The van der Waals surface area contributed by atoms with Crippen LogP contribution in [0.5, 0.6) is 5.75 Å². The zero-order chi connectivity index (χ0) is 26.3. The quantitative estimate of drug-likeness (QED) is 0.199. The minimum absolute atomic E-state index is 0.499. The van der Waals surface area contributed by atoms with Gasteiger partial charge in [-0.2, -0.15) is 5.26 Å². The summed E-state index contributed by atoms with van der Waals surface area (Å²) < 4.78 is 8.01. The molecule has 192 valence electrons. The summed E-state index contributed by atoms with van der Waals surface area (Å²) in [6.07, 6.45) is 10.2. The topological polar surface area (TPSA) is 104 Å². The van der Waals surface area contributed by atoms with Gasteiger partial charge >= 0.3 is 0 Å². The number of nitrogens with one attached hydrogen (secondary N) is 3. The summed E-state index contributed by atoms with van der Waals surface area (Å²) in [6, 6.07) is 16.4. The molecule has 0 spiro atoms. The maximum Gasteiger partial charge on any atom is 0.119 e. The molecule has 8 nitrogen and oxygen atoms in total. The van der Waals surface area contributed by atoms with Crippen LogP contribution in [0.15, 0.2) is 73.6 Å². The lowest BCUT2D eigenvalue weighted by Gasteiger charge is -2.18. The van der Waals surface area contributed by atoms with Crippen molar-refractivity contribution < 1.29 is 4.74 Å². The molecule has 0 saturated carbocycles. The van der Waals surface area contributed by atoms with Crippen LogP contribution < -0.4 is 15.4 Å². The van der Waals surface area contributed by atoms with Gasteiger partial charge in [-0.1, -0.05) is 12.1 Å². The number of ether oxygens (including phenoxy) is 1. The molecule has 38 heavy (non-hydrogen) atoms. The Morgan fingerprint density at radius 3 is 2.74 bits per heavy atom. The van der Waals surface area contributed by atoms with Crippen molar-refractivity contribution in [3.63, 3.8) is 0 Å². The molecule has 0 atom stereocenters. The highest BCUT2D eigenvalue weighted by molar-refractivity contribution is 5.92. The first-order valence-corrected chi connectivity index (χ1v) is 12.8. The van der Waals surface area contributed by atoms with Gasteiger partial charge in [-0.05, 0) is 68.3 Å². The fourth-order valence-electron chi connectivity index (χ4n) is 4.62. The Morgan fingerprint density at radius 2 is 1.95 bits per heavy atom. The number of benzene rings is 2. The van der Waals surface area contributed by atoms with Gasteiger partial charge in [0, 0.05) is 65.7 Å². The summed E-state index contributed by atoms with van der Waals surface area (Å²) in [5, 5.41) is 18.0. The van der Waals surface area contributed by atoms with E-state index in [0.717, 1.165) is 76.5 Å². The van der Waals surface area contributed by atoms with E-state index in [1.54, 1.807) is 12.4 Å². The molecule has 3 heterocycles. The van der Waals surface area contributed by atoms with Crippen LogP contribution in [-0.2, 0) is 6.54 Å². The van der Waals surface area contributed by atoms with E-state index in [4.69, 9.17) is 4.74 Å². The minimum Gasteiger partial charge on any atom is -0.492 e. The SMILES string of the molecule is Cc1ncc(C#N)c(Nc2ccc3[nH]ccc3c2C)c1-c1ccc(OCCNCCCn2ccnc2)cc1. The molecule has 0 fully saturated rings. The number of rotatable bonds is 11. The van der Waals surface area contributed by atoms with Crippen molar-refractivity contribution in [3.05, 3.63) is 90.4 Å². The van der Waals surface area contributed by atoms with Crippen molar-refractivity contribution in [2.45, 2.75) is 26.8 Å². The van der Waals surface area contributed by atoms with Crippen molar-refractivity contribution in [2.24, 2.45) is 0 Å². The molecule has 3 N–H and O–H groups in total. The Kier molecular flexibility index (Phi) is 7.67. The highest BCUT2D eigenvalue weighted by Gasteiger charge is 2.16. The zero-order valence-electron chi connectivity index (χ0n) is 21.7. The highest BCUT2D eigenvalue weighted by Crippen LogP contribution is 2.37. The maximum atomic E-state index is 9.87. The summed E-state index contributed by atoms with van der Waals surface area (Å²) in [4.78, 5) is 11.8. The molecule has 0 radical (unpaired) electrons. The van der Waals surface area contributed by atoms with Crippen LogP contribution in [0.3, 0.4) is 0 Å². The largest absolute Gasteiger partial charge is 0.492 e. The first-order valence-electron chi connectivity index (χ1n) is 12.8. The Labute approximate surface area is 222 Å².